The lowest BCUT2D eigenvalue weighted by atomic mass is 9.90. The van der Waals surface area contributed by atoms with Crippen LogP contribution >= 0.6 is 0 Å². The van der Waals surface area contributed by atoms with Gasteiger partial charge in [0.25, 0.3) is 0 Å². The van der Waals surface area contributed by atoms with Crippen molar-refractivity contribution in [2.45, 2.75) is 58.9 Å². The van der Waals surface area contributed by atoms with Gasteiger partial charge in [-0.25, -0.2) is 0 Å². The monoisotopic (exact) mass is 369 g/mol. The summed E-state index contributed by atoms with van der Waals surface area (Å²) in [5, 5.41) is 19.9. The summed E-state index contributed by atoms with van der Waals surface area (Å²) in [4.78, 5) is 15.9. The molecule has 0 amide bonds. The lowest BCUT2D eigenvalue weighted by Gasteiger charge is -2.15. The molecule has 0 bridgehead atoms. The zero-order valence-electron chi connectivity index (χ0n) is 16.3. The molecule has 1 aliphatic carbocycles. The molecule has 0 unspecified atom stereocenters. The predicted molar refractivity (Wildman–Crippen MR) is 103 cm³/mol. The predicted octanol–water partition coefficient (Wildman–Crippen LogP) is 2.21. The van der Waals surface area contributed by atoms with E-state index in [-0.39, 0.29) is 5.69 Å². The van der Waals surface area contributed by atoms with E-state index >= 15 is 0 Å². The number of hydrogen-bond donors (Lipinski definition) is 1. The van der Waals surface area contributed by atoms with Gasteiger partial charge in [0.15, 0.2) is 0 Å². The molecule has 0 aliphatic heterocycles. The van der Waals surface area contributed by atoms with Crippen LogP contribution in [0.3, 0.4) is 0 Å². The summed E-state index contributed by atoms with van der Waals surface area (Å²) in [6, 6.07) is 1.92. The van der Waals surface area contributed by atoms with Crippen LogP contribution in [-0.4, -0.2) is 33.8 Å². The fourth-order valence-electron chi connectivity index (χ4n) is 3.85. The van der Waals surface area contributed by atoms with E-state index in [0.717, 1.165) is 60.7 Å². The highest BCUT2D eigenvalue weighted by Gasteiger charge is 2.25. The number of aromatic carboxylic acids is 1. The van der Waals surface area contributed by atoms with Gasteiger partial charge in [-0.05, 0) is 56.3 Å². The van der Waals surface area contributed by atoms with Crippen molar-refractivity contribution in [3.8, 4) is 11.3 Å². The molecule has 0 aromatic carbocycles. The van der Waals surface area contributed by atoms with Crippen LogP contribution in [-0.2, 0) is 19.4 Å². The first-order valence-electron chi connectivity index (χ1n) is 10.1. The number of hydrogen-bond acceptors (Lipinski definition) is 5. The molecule has 0 radical (unpaired) electrons. The molecule has 146 valence electrons. The van der Waals surface area contributed by atoms with E-state index in [0.29, 0.717) is 13.0 Å². The van der Waals surface area contributed by atoms with E-state index in [1.165, 1.54) is 12.8 Å². The summed E-state index contributed by atoms with van der Waals surface area (Å²) in [5.41, 5.74) is 3.97. The van der Waals surface area contributed by atoms with Crippen molar-refractivity contribution in [2.75, 3.05) is 13.1 Å². The van der Waals surface area contributed by atoms with Crippen LogP contribution in [0.5, 0.6) is 0 Å². The summed E-state index contributed by atoms with van der Waals surface area (Å²) in [5.74, 6) is -0.393. The van der Waals surface area contributed by atoms with Gasteiger partial charge in [-0.2, -0.15) is 5.10 Å². The van der Waals surface area contributed by atoms with Gasteiger partial charge < -0.3 is 15.2 Å². The third kappa shape index (κ3) is 4.38. The van der Waals surface area contributed by atoms with E-state index in [1.54, 1.807) is 10.9 Å². The standard InChI is InChI=1S/C21H30N4O2/c1-3-15(4-2)13-22-10-5-6-12-25-20(21(26)27)18-8-7-16-14-23-11-9-17(16)19(18)24-25/h9,11,14-15,22H,3-8,10,12-13H2,1-2H3,(H,26,27)/p-1. The maximum absolute atomic E-state index is 11.7. The quantitative estimate of drug-likeness (QED) is 0.649. The average Bonchev–Trinajstić information content (AvgIpc) is 3.06. The summed E-state index contributed by atoms with van der Waals surface area (Å²) in [7, 11) is 0. The number of carboxylic acids is 1. The van der Waals surface area contributed by atoms with Gasteiger partial charge in [0.05, 0.1) is 17.4 Å². The Bertz CT molecular complexity index is 780. The molecule has 2 aromatic rings. The van der Waals surface area contributed by atoms with Crippen molar-refractivity contribution in [3.05, 3.63) is 35.3 Å². The molecule has 2 aromatic heterocycles. The van der Waals surface area contributed by atoms with E-state index in [1.807, 2.05) is 12.3 Å². The van der Waals surface area contributed by atoms with Crippen LogP contribution in [0.2, 0.25) is 0 Å². The van der Waals surface area contributed by atoms with Crippen molar-refractivity contribution in [2.24, 2.45) is 5.92 Å². The van der Waals surface area contributed by atoms with E-state index in [2.05, 4.69) is 29.2 Å². The van der Waals surface area contributed by atoms with Crippen molar-refractivity contribution in [3.63, 3.8) is 0 Å². The number of fused-ring (bicyclic) bond motifs is 3. The molecule has 1 N–H and O–H groups in total. The Morgan fingerprint density at radius 1 is 1.30 bits per heavy atom. The molecule has 0 saturated carbocycles. The zero-order chi connectivity index (χ0) is 19.2. The molecule has 3 rings (SSSR count). The van der Waals surface area contributed by atoms with Crippen molar-refractivity contribution >= 4 is 5.97 Å². The number of carbonyl (C=O) groups excluding carboxylic acids is 1. The van der Waals surface area contributed by atoms with Crippen molar-refractivity contribution < 1.29 is 9.90 Å². The first kappa shape index (κ1) is 19.5. The van der Waals surface area contributed by atoms with Gasteiger partial charge in [0, 0.05) is 30.1 Å². The van der Waals surface area contributed by atoms with Crippen molar-refractivity contribution in [1.82, 2.24) is 20.1 Å². The largest absolute Gasteiger partial charge is 0.543 e. The van der Waals surface area contributed by atoms with E-state index in [4.69, 9.17) is 0 Å². The summed E-state index contributed by atoms with van der Waals surface area (Å²) >= 11 is 0. The number of nitrogens with one attached hydrogen (secondary N) is 1. The number of aryl methyl sites for hydroxylation is 2. The lowest BCUT2D eigenvalue weighted by Crippen LogP contribution is -2.28. The smallest absolute Gasteiger partial charge is 0.0966 e. The van der Waals surface area contributed by atoms with Crippen LogP contribution < -0.4 is 10.4 Å². The Morgan fingerprint density at radius 3 is 2.85 bits per heavy atom. The third-order valence-corrected chi connectivity index (χ3v) is 5.61. The first-order chi connectivity index (χ1) is 13.2. The Balaban J connectivity index is 1.63. The summed E-state index contributed by atoms with van der Waals surface area (Å²) < 4.78 is 1.64. The highest BCUT2D eigenvalue weighted by atomic mass is 16.4. The molecule has 2 heterocycles. The van der Waals surface area contributed by atoms with E-state index in [9.17, 15) is 9.90 Å². The van der Waals surface area contributed by atoms with Crippen LogP contribution in [0.4, 0.5) is 0 Å². The number of pyridine rings is 1. The maximum atomic E-state index is 11.7. The van der Waals surface area contributed by atoms with Gasteiger partial charge in [-0.3, -0.25) is 9.67 Å². The SMILES string of the molecule is CCC(CC)CNCCCCn1nc2c(c1C(=O)[O-])CCc1cnccc1-2. The highest BCUT2D eigenvalue weighted by molar-refractivity contribution is 5.89. The van der Waals surface area contributed by atoms with Gasteiger partial charge in [0.2, 0.25) is 0 Å². The lowest BCUT2D eigenvalue weighted by molar-refractivity contribution is -0.255. The average molecular weight is 369 g/mol. The molecule has 27 heavy (non-hydrogen) atoms. The number of aromatic nitrogens is 3. The number of carbonyl (C=O) groups is 1. The third-order valence-electron chi connectivity index (χ3n) is 5.61. The second kappa shape index (κ2) is 9.13. The fraction of sp³-hybridized carbons (Fsp3) is 0.571. The molecule has 6 nitrogen and oxygen atoms in total. The minimum absolute atomic E-state index is 0.248. The van der Waals surface area contributed by atoms with Crippen LogP contribution in [0.15, 0.2) is 18.5 Å². The number of unbranched alkanes of at least 4 members (excludes halogenated alkanes) is 1. The molecule has 0 spiro atoms. The Hall–Kier alpha value is -2.21. The van der Waals surface area contributed by atoms with Crippen LogP contribution in [0.25, 0.3) is 11.3 Å². The van der Waals surface area contributed by atoms with Crippen molar-refractivity contribution in [1.29, 1.82) is 0 Å². The second-order valence-electron chi connectivity index (χ2n) is 7.31. The normalized spacial score (nSPS) is 12.9. The molecule has 0 saturated heterocycles. The molecular formula is C21H29N4O2-. The fourth-order valence-corrected chi connectivity index (χ4v) is 3.85. The van der Waals surface area contributed by atoms with E-state index < -0.39 is 5.97 Å². The molecule has 1 aliphatic rings. The van der Waals surface area contributed by atoms with Gasteiger partial charge in [0.1, 0.15) is 0 Å². The van der Waals surface area contributed by atoms with Gasteiger partial charge >= 0.3 is 0 Å². The summed E-state index contributed by atoms with van der Waals surface area (Å²) in [6.07, 6.45) is 9.34. The minimum atomic E-state index is -1.13. The topological polar surface area (TPSA) is 82.9 Å². The number of nitrogens with zero attached hydrogens (tertiary/aromatic N) is 3. The second-order valence-corrected chi connectivity index (χ2v) is 7.31. The number of carboxylic acid groups (broad SMARTS) is 1. The van der Waals surface area contributed by atoms with Crippen LogP contribution in [0.1, 0.15) is 61.1 Å². The highest BCUT2D eigenvalue weighted by Crippen LogP contribution is 2.33. The zero-order valence-corrected chi connectivity index (χ0v) is 16.3. The number of rotatable bonds is 10. The molecule has 6 heteroatoms. The first-order valence-corrected chi connectivity index (χ1v) is 10.1. The Kier molecular flexibility index (Phi) is 6.61. The summed E-state index contributed by atoms with van der Waals surface area (Å²) in [6.45, 7) is 7.06. The maximum Gasteiger partial charge on any atom is 0.0966 e. The molecule has 0 atom stereocenters. The molecular weight excluding hydrogens is 340 g/mol. The molecule has 0 fully saturated rings. The van der Waals surface area contributed by atoms with Gasteiger partial charge in [-0.15, -0.1) is 0 Å². The Morgan fingerprint density at radius 2 is 2.11 bits per heavy atom. The minimum Gasteiger partial charge on any atom is -0.543 e. The Labute approximate surface area is 161 Å². The van der Waals surface area contributed by atoms with Crippen LogP contribution in [0, 0.1) is 5.92 Å². The van der Waals surface area contributed by atoms with Gasteiger partial charge in [-0.1, -0.05) is 26.7 Å².